The maximum atomic E-state index is 11.8. The van der Waals surface area contributed by atoms with Crippen molar-refractivity contribution >= 4 is 29.4 Å². The van der Waals surface area contributed by atoms with Crippen molar-refractivity contribution in [1.29, 1.82) is 0 Å². The van der Waals surface area contributed by atoms with E-state index in [1.807, 2.05) is 0 Å². The average molecular weight is 326 g/mol. The molecule has 0 saturated carbocycles. The van der Waals surface area contributed by atoms with Gasteiger partial charge in [0.2, 0.25) is 0 Å². The highest BCUT2D eigenvalue weighted by Gasteiger charge is 2.23. The summed E-state index contributed by atoms with van der Waals surface area (Å²) in [7, 11) is 1.39. The van der Waals surface area contributed by atoms with Gasteiger partial charge in [0.15, 0.2) is 0 Å². The number of hydrogen-bond acceptors (Lipinski definition) is 3. The fraction of sp³-hybridized carbons (Fsp3) is 0.467. The summed E-state index contributed by atoms with van der Waals surface area (Å²) >= 11 is 5.86. The molecule has 120 valence electrons. The third-order valence-corrected chi connectivity index (χ3v) is 3.92. The molecule has 2 rings (SSSR count). The van der Waals surface area contributed by atoms with Gasteiger partial charge in [-0.2, -0.15) is 0 Å². The second kappa shape index (κ2) is 7.89. The monoisotopic (exact) mass is 325 g/mol. The van der Waals surface area contributed by atoms with Crippen LogP contribution in [-0.2, 0) is 4.74 Å². The van der Waals surface area contributed by atoms with Gasteiger partial charge in [0.05, 0.1) is 7.11 Å². The Morgan fingerprint density at radius 2 is 2.09 bits per heavy atom. The molecule has 0 aliphatic carbocycles. The highest BCUT2D eigenvalue weighted by Crippen LogP contribution is 2.17. The van der Waals surface area contributed by atoms with Gasteiger partial charge in [-0.25, -0.2) is 9.59 Å². The van der Waals surface area contributed by atoms with Crippen LogP contribution in [0, 0.1) is 5.92 Å². The van der Waals surface area contributed by atoms with Crippen LogP contribution < -0.4 is 10.6 Å². The lowest BCUT2D eigenvalue weighted by Gasteiger charge is -2.30. The molecule has 2 N–H and O–H groups in total. The Morgan fingerprint density at radius 1 is 1.36 bits per heavy atom. The van der Waals surface area contributed by atoms with E-state index in [9.17, 15) is 9.59 Å². The van der Waals surface area contributed by atoms with Gasteiger partial charge in [-0.15, -0.1) is 0 Å². The molecule has 1 fully saturated rings. The molecule has 1 aliphatic rings. The Bertz CT molecular complexity index is 531. The number of urea groups is 1. The summed E-state index contributed by atoms with van der Waals surface area (Å²) in [5, 5.41) is 6.17. The Labute approximate surface area is 134 Å². The quantitative estimate of drug-likeness (QED) is 0.897. The number of piperidine rings is 1. The number of methoxy groups -OCH3 is 1. The number of nitrogens with zero attached hydrogens (tertiary/aromatic N) is 1. The normalized spacial score (nSPS) is 15.3. The van der Waals surface area contributed by atoms with E-state index in [2.05, 4.69) is 10.6 Å². The molecular formula is C15H20ClN3O3. The lowest BCUT2D eigenvalue weighted by Crippen LogP contribution is -2.42. The largest absolute Gasteiger partial charge is 0.453 e. The van der Waals surface area contributed by atoms with Crippen LogP contribution in [0.4, 0.5) is 15.3 Å². The first-order valence-corrected chi connectivity index (χ1v) is 7.59. The van der Waals surface area contributed by atoms with Gasteiger partial charge in [-0.3, -0.25) is 0 Å². The molecule has 0 spiro atoms. The molecule has 0 aromatic heterocycles. The average Bonchev–Trinajstić information content (AvgIpc) is 2.52. The van der Waals surface area contributed by atoms with Crippen LogP contribution in [0.2, 0.25) is 5.02 Å². The molecule has 1 saturated heterocycles. The highest BCUT2D eigenvalue weighted by atomic mass is 35.5. The Hall–Kier alpha value is -1.95. The first-order valence-electron chi connectivity index (χ1n) is 7.22. The minimum atomic E-state index is -0.287. The number of benzene rings is 1. The van der Waals surface area contributed by atoms with Crippen molar-refractivity contribution in [1.82, 2.24) is 10.2 Å². The molecule has 0 bridgehead atoms. The number of rotatable bonds is 3. The lowest BCUT2D eigenvalue weighted by atomic mass is 9.97. The van der Waals surface area contributed by atoms with Crippen molar-refractivity contribution < 1.29 is 14.3 Å². The number of likely N-dealkylation sites (tertiary alicyclic amines) is 1. The van der Waals surface area contributed by atoms with E-state index < -0.39 is 0 Å². The van der Waals surface area contributed by atoms with Crippen LogP contribution in [0.1, 0.15) is 12.8 Å². The number of carbonyl (C=O) groups excluding carboxylic acids is 2. The van der Waals surface area contributed by atoms with Crippen molar-refractivity contribution in [3.63, 3.8) is 0 Å². The number of carbonyl (C=O) groups is 2. The molecule has 22 heavy (non-hydrogen) atoms. The van der Waals surface area contributed by atoms with Gasteiger partial charge >= 0.3 is 12.1 Å². The van der Waals surface area contributed by atoms with E-state index in [-0.39, 0.29) is 12.1 Å². The maximum absolute atomic E-state index is 11.8. The number of hydrogen-bond donors (Lipinski definition) is 2. The smallest absolute Gasteiger partial charge is 0.409 e. The number of amides is 3. The summed E-state index contributed by atoms with van der Waals surface area (Å²) in [4.78, 5) is 24.9. The van der Waals surface area contributed by atoms with E-state index in [0.29, 0.717) is 36.3 Å². The molecular weight excluding hydrogens is 306 g/mol. The summed E-state index contributed by atoms with van der Waals surface area (Å²) in [6, 6.07) is 6.74. The third-order valence-electron chi connectivity index (χ3n) is 3.68. The minimum absolute atomic E-state index is 0.252. The maximum Gasteiger partial charge on any atom is 0.409 e. The van der Waals surface area contributed by atoms with E-state index in [1.54, 1.807) is 29.2 Å². The first kappa shape index (κ1) is 16.4. The minimum Gasteiger partial charge on any atom is -0.453 e. The number of nitrogens with one attached hydrogen (secondary N) is 2. The number of anilines is 1. The van der Waals surface area contributed by atoms with Crippen LogP contribution in [0.15, 0.2) is 24.3 Å². The van der Waals surface area contributed by atoms with Gasteiger partial charge < -0.3 is 20.3 Å². The first-order chi connectivity index (χ1) is 10.6. The van der Waals surface area contributed by atoms with E-state index >= 15 is 0 Å². The molecule has 1 heterocycles. The van der Waals surface area contributed by atoms with Crippen molar-refractivity contribution in [2.45, 2.75) is 12.8 Å². The zero-order valence-corrected chi connectivity index (χ0v) is 13.2. The van der Waals surface area contributed by atoms with Crippen molar-refractivity contribution in [3.8, 4) is 0 Å². The lowest BCUT2D eigenvalue weighted by molar-refractivity contribution is 0.106. The molecule has 0 atom stereocenters. The van der Waals surface area contributed by atoms with Crippen molar-refractivity contribution in [2.24, 2.45) is 5.92 Å². The Balaban J connectivity index is 1.70. The molecule has 1 aliphatic heterocycles. The molecule has 0 unspecified atom stereocenters. The second-order valence-corrected chi connectivity index (χ2v) is 5.68. The molecule has 1 aromatic rings. The van der Waals surface area contributed by atoms with Gasteiger partial charge in [0.1, 0.15) is 0 Å². The van der Waals surface area contributed by atoms with Crippen molar-refractivity contribution in [3.05, 3.63) is 29.3 Å². The molecule has 1 aromatic carbocycles. The number of halogens is 1. The second-order valence-electron chi connectivity index (χ2n) is 5.25. The predicted molar refractivity (Wildman–Crippen MR) is 85.2 cm³/mol. The van der Waals surface area contributed by atoms with Crippen LogP contribution in [0.5, 0.6) is 0 Å². The zero-order valence-electron chi connectivity index (χ0n) is 12.5. The van der Waals surface area contributed by atoms with Crippen LogP contribution in [0.25, 0.3) is 0 Å². The standard InChI is InChI=1S/C15H20ClN3O3/c1-22-15(21)19-7-5-11(6-8-19)10-17-14(20)18-13-4-2-3-12(16)9-13/h2-4,9,11H,5-8,10H2,1H3,(H2,17,18,20). The summed E-state index contributed by atoms with van der Waals surface area (Å²) in [6.45, 7) is 1.91. The number of ether oxygens (including phenoxy) is 1. The SMILES string of the molecule is COC(=O)N1CCC(CNC(=O)Nc2cccc(Cl)c2)CC1. The van der Waals surface area contributed by atoms with Gasteiger partial charge in [-0.05, 0) is 37.0 Å². The third kappa shape index (κ3) is 4.80. The van der Waals surface area contributed by atoms with E-state index in [4.69, 9.17) is 16.3 Å². The van der Waals surface area contributed by atoms with Crippen LogP contribution in [0.3, 0.4) is 0 Å². The fourth-order valence-electron chi connectivity index (χ4n) is 2.43. The van der Waals surface area contributed by atoms with Gasteiger partial charge in [0, 0.05) is 30.3 Å². The Morgan fingerprint density at radius 3 is 2.73 bits per heavy atom. The molecule has 6 nitrogen and oxygen atoms in total. The molecule has 0 radical (unpaired) electrons. The van der Waals surface area contributed by atoms with E-state index in [0.717, 1.165) is 12.8 Å². The molecule has 7 heteroatoms. The van der Waals surface area contributed by atoms with Crippen molar-refractivity contribution in [2.75, 3.05) is 32.1 Å². The summed E-state index contributed by atoms with van der Waals surface area (Å²) in [5.41, 5.74) is 0.658. The molecule has 3 amide bonds. The van der Waals surface area contributed by atoms with E-state index in [1.165, 1.54) is 7.11 Å². The zero-order chi connectivity index (χ0) is 15.9. The van der Waals surface area contributed by atoms with Gasteiger partial charge in [0.25, 0.3) is 0 Å². The fourth-order valence-corrected chi connectivity index (χ4v) is 2.62. The predicted octanol–water partition coefficient (Wildman–Crippen LogP) is 2.94. The summed E-state index contributed by atoms with van der Waals surface area (Å²) < 4.78 is 4.70. The highest BCUT2D eigenvalue weighted by molar-refractivity contribution is 6.30. The van der Waals surface area contributed by atoms with Crippen LogP contribution in [-0.4, -0.2) is 43.8 Å². The topological polar surface area (TPSA) is 70.7 Å². The van der Waals surface area contributed by atoms with Gasteiger partial charge in [-0.1, -0.05) is 17.7 Å². The summed E-state index contributed by atoms with van der Waals surface area (Å²) in [6.07, 6.45) is 1.42. The Kier molecular flexibility index (Phi) is 5.89. The summed E-state index contributed by atoms with van der Waals surface area (Å²) in [5.74, 6) is 0.367. The van der Waals surface area contributed by atoms with Crippen LogP contribution >= 0.6 is 11.6 Å².